The largest absolute Gasteiger partial charge is 0.370 e. The highest BCUT2D eigenvalue weighted by Crippen LogP contribution is 2.27. The number of hydrogen-bond acceptors (Lipinski definition) is 4. The molecule has 3 aromatic rings. The number of nitrogens with one attached hydrogen (secondary N) is 1. The number of aliphatic imine (C=N–C) groups is 1. The van der Waals surface area contributed by atoms with E-state index in [9.17, 15) is 0 Å². The van der Waals surface area contributed by atoms with Gasteiger partial charge in [-0.15, -0.1) is 0 Å². The first-order valence-corrected chi connectivity index (χ1v) is 7.13. The maximum absolute atomic E-state index is 6.27. The number of rotatable bonds is 3. The third kappa shape index (κ3) is 2.08. The highest BCUT2D eigenvalue weighted by Gasteiger charge is 2.16. The van der Waals surface area contributed by atoms with E-state index >= 15 is 0 Å². The molecule has 1 aromatic carbocycles. The van der Waals surface area contributed by atoms with Crippen LogP contribution in [0.15, 0.2) is 41.7 Å². The summed E-state index contributed by atoms with van der Waals surface area (Å²) in [7, 11) is 0. The molecule has 0 spiro atoms. The van der Waals surface area contributed by atoms with Crippen LogP contribution in [-0.2, 0) is 6.54 Å². The molecule has 0 atom stereocenters. The average Bonchev–Trinajstić information content (AvgIpc) is 3.22. The smallest absolute Gasteiger partial charge is 0.159 e. The second-order valence-corrected chi connectivity index (χ2v) is 5.19. The van der Waals surface area contributed by atoms with Gasteiger partial charge >= 0.3 is 0 Å². The maximum Gasteiger partial charge on any atom is 0.159 e. The van der Waals surface area contributed by atoms with Gasteiger partial charge in [0.1, 0.15) is 5.84 Å². The van der Waals surface area contributed by atoms with Crippen molar-refractivity contribution in [1.82, 2.24) is 24.9 Å². The monoisotopic (exact) mass is 300 g/mol. The number of halogens is 1. The quantitative estimate of drug-likeness (QED) is 0.803. The Kier molecular flexibility index (Phi) is 2.89. The van der Waals surface area contributed by atoms with Crippen molar-refractivity contribution in [2.75, 3.05) is 13.1 Å². The van der Waals surface area contributed by atoms with Crippen LogP contribution < -0.4 is 5.32 Å². The van der Waals surface area contributed by atoms with Crippen molar-refractivity contribution in [3.8, 4) is 5.69 Å². The van der Waals surface area contributed by atoms with Crippen molar-refractivity contribution in [1.29, 1.82) is 0 Å². The predicted octanol–water partition coefficient (Wildman–Crippen LogP) is 1.88. The highest BCUT2D eigenvalue weighted by molar-refractivity contribution is 6.34. The molecule has 3 heterocycles. The molecule has 1 N–H and O–H groups in total. The molecule has 0 unspecified atom stereocenters. The van der Waals surface area contributed by atoms with Crippen molar-refractivity contribution >= 4 is 28.3 Å². The van der Waals surface area contributed by atoms with Gasteiger partial charge in [-0.1, -0.05) is 17.7 Å². The molecular formula is C14H13ClN6. The Morgan fingerprint density at radius 3 is 3.00 bits per heavy atom. The van der Waals surface area contributed by atoms with Gasteiger partial charge in [0.05, 0.1) is 24.3 Å². The van der Waals surface area contributed by atoms with Crippen LogP contribution in [0.2, 0.25) is 5.15 Å². The number of hydrogen-bond donors (Lipinski definition) is 1. The molecule has 21 heavy (non-hydrogen) atoms. The Labute approximate surface area is 126 Å². The van der Waals surface area contributed by atoms with Crippen LogP contribution in [0, 0.1) is 0 Å². The van der Waals surface area contributed by atoms with Crippen LogP contribution in [0.5, 0.6) is 0 Å². The summed E-state index contributed by atoms with van der Waals surface area (Å²) in [5, 5.41) is 13.4. The average molecular weight is 301 g/mol. The van der Waals surface area contributed by atoms with Crippen molar-refractivity contribution < 1.29 is 0 Å². The number of aromatic nitrogens is 4. The molecule has 0 saturated heterocycles. The van der Waals surface area contributed by atoms with Crippen LogP contribution in [0.25, 0.3) is 16.6 Å². The lowest BCUT2D eigenvalue weighted by Gasteiger charge is -2.08. The Morgan fingerprint density at radius 2 is 2.24 bits per heavy atom. The zero-order valence-electron chi connectivity index (χ0n) is 11.2. The predicted molar refractivity (Wildman–Crippen MR) is 82.2 cm³/mol. The summed E-state index contributed by atoms with van der Waals surface area (Å²) in [6.07, 6.45) is 3.66. The first-order chi connectivity index (χ1) is 10.3. The van der Waals surface area contributed by atoms with Crippen molar-refractivity contribution in [3.63, 3.8) is 0 Å². The highest BCUT2D eigenvalue weighted by atomic mass is 35.5. The second kappa shape index (κ2) is 4.89. The van der Waals surface area contributed by atoms with Gasteiger partial charge in [0.15, 0.2) is 5.15 Å². The van der Waals surface area contributed by atoms with Crippen LogP contribution in [0.3, 0.4) is 0 Å². The molecule has 2 aromatic heterocycles. The molecule has 0 fully saturated rings. The fourth-order valence-electron chi connectivity index (χ4n) is 2.58. The molecule has 6 nitrogen and oxygen atoms in total. The van der Waals surface area contributed by atoms with E-state index in [1.807, 2.05) is 39.8 Å². The Balaban J connectivity index is 1.90. The lowest BCUT2D eigenvalue weighted by molar-refractivity contribution is 0.733. The molecule has 106 valence electrons. The van der Waals surface area contributed by atoms with E-state index in [-0.39, 0.29) is 0 Å². The van der Waals surface area contributed by atoms with E-state index in [2.05, 4.69) is 20.5 Å². The van der Waals surface area contributed by atoms with Crippen molar-refractivity contribution in [2.24, 2.45) is 4.99 Å². The first-order valence-electron chi connectivity index (χ1n) is 6.75. The fourth-order valence-corrected chi connectivity index (χ4v) is 2.83. The SMILES string of the molecule is Clc1nn(CC2=NCCN2)c2c(-n3cccn3)cccc12. The summed E-state index contributed by atoms with van der Waals surface area (Å²) in [4.78, 5) is 4.42. The molecule has 0 radical (unpaired) electrons. The molecule has 1 aliphatic heterocycles. The van der Waals surface area contributed by atoms with Gasteiger partial charge in [0, 0.05) is 24.3 Å². The summed E-state index contributed by atoms with van der Waals surface area (Å²) in [6, 6.07) is 7.83. The molecule has 4 rings (SSSR count). The van der Waals surface area contributed by atoms with Crippen molar-refractivity contribution in [2.45, 2.75) is 6.54 Å². The van der Waals surface area contributed by atoms with Crippen molar-refractivity contribution in [3.05, 3.63) is 41.8 Å². The van der Waals surface area contributed by atoms with E-state index in [1.165, 1.54) is 0 Å². The second-order valence-electron chi connectivity index (χ2n) is 4.83. The molecule has 7 heteroatoms. The van der Waals surface area contributed by atoms with E-state index in [1.54, 1.807) is 6.20 Å². The van der Waals surface area contributed by atoms with Crippen LogP contribution in [0.4, 0.5) is 0 Å². The van der Waals surface area contributed by atoms with Crippen LogP contribution in [-0.4, -0.2) is 38.5 Å². The minimum absolute atomic E-state index is 0.498. The molecule has 0 amide bonds. The summed E-state index contributed by atoms with van der Waals surface area (Å²) in [5.41, 5.74) is 1.91. The lowest BCUT2D eigenvalue weighted by Crippen LogP contribution is -2.24. The van der Waals surface area contributed by atoms with Crippen LogP contribution >= 0.6 is 11.6 Å². The van der Waals surface area contributed by atoms with Gasteiger partial charge in [-0.3, -0.25) is 9.67 Å². The van der Waals surface area contributed by atoms with E-state index < -0.39 is 0 Å². The van der Waals surface area contributed by atoms with E-state index in [0.717, 1.165) is 35.5 Å². The molecule has 0 saturated carbocycles. The zero-order valence-corrected chi connectivity index (χ0v) is 12.0. The summed E-state index contributed by atoms with van der Waals surface area (Å²) >= 11 is 6.27. The Hall–Kier alpha value is -2.34. The normalized spacial score (nSPS) is 14.4. The maximum atomic E-state index is 6.27. The number of benzene rings is 1. The first kappa shape index (κ1) is 12.4. The topological polar surface area (TPSA) is 60.0 Å². The number of amidine groups is 1. The summed E-state index contributed by atoms with van der Waals surface area (Å²) in [6.45, 7) is 2.28. The summed E-state index contributed by atoms with van der Waals surface area (Å²) in [5.74, 6) is 0.936. The minimum Gasteiger partial charge on any atom is -0.370 e. The van der Waals surface area contributed by atoms with E-state index in [4.69, 9.17) is 11.6 Å². The minimum atomic E-state index is 0.498. The van der Waals surface area contributed by atoms with Crippen LogP contribution in [0.1, 0.15) is 0 Å². The molecular weight excluding hydrogens is 288 g/mol. The summed E-state index contributed by atoms with van der Waals surface area (Å²) < 4.78 is 3.70. The fraction of sp³-hybridized carbons (Fsp3) is 0.214. The van der Waals surface area contributed by atoms with E-state index in [0.29, 0.717) is 11.7 Å². The Bertz CT molecular complexity index is 817. The van der Waals surface area contributed by atoms with Gasteiger partial charge in [-0.25, -0.2) is 4.68 Å². The standard InChI is InChI=1S/C14H13ClN6/c15-14-10-3-1-4-11(20-8-2-5-18-20)13(10)21(19-14)9-12-16-6-7-17-12/h1-5,8H,6-7,9H2,(H,16,17). The van der Waals surface area contributed by atoms with Gasteiger partial charge in [-0.2, -0.15) is 10.2 Å². The van der Waals surface area contributed by atoms with Gasteiger partial charge in [0.2, 0.25) is 0 Å². The number of fused-ring (bicyclic) bond motifs is 1. The molecule has 0 aliphatic carbocycles. The lowest BCUT2D eigenvalue weighted by atomic mass is 10.2. The Morgan fingerprint density at radius 1 is 1.29 bits per heavy atom. The molecule has 0 bridgehead atoms. The third-order valence-corrected chi connectivity index (χ3v) is 3.78. The number of nitrogens with zero attached hydrogens (tertiary/aromatic N) is 5. The zero-order chi connectivity index (χ0) is 14.2. The van der Waals surface area contributed by atoms with Gasteiger partial charge in [-0.05, 0) is 18.2 Å². The number of para-hydroxylation sites is 1. The molecule has 1 aliphatic rings. The third-order valence-electron chi connectivity index (χ3n) is 3.50. The van der Waals surface area contributed by atoms with Gasteiger partial charge < -0.3 is 5.32 Å². The van der Waals surface area contributed by atoms with Gasteiger partial charge in [0.25, 0.3) is 0 Å².